The summed E-state index contributed by atoms with van der Waals surface area (Å²) in [5.74, 6) is 0.777. The van der Waals surface area contributed by atoms with Crippen LogP contribution in [0.25, 0.3) is 0 Å². The van der Waals surface area contributed by atoms with Crippen LogP contribution in [-0.2, 0) is 4.74 Å². The Morgan fingerprint density at radius 1 is 1.62 bits per heavy atom. The van der Waals surface area contributed by atoms with Crippen molar-refractivity contribution >= 4 is 0 Å². The zero-order chi connectivity index (χ0) is 9.52. The molecule has 0 spiro atoms. The minimum atomic E-state index is 0.397. The predicted octanol–water partition coefficient (Wildman–Crippen LogP) is 2.31. The van der Waals surface area contributed by atoms with Crippen LogP contribution >= 0.6 is 0 Å². The maximum Gasteiger partial charge on any atom is 0.110 e. The Labute approximate surface area is 81.4 Å². The van der Waals surface area contributed by atoms with E-state index in [1.807, 2.05) is 6.26 Å². The van der Waals surface area contributed by atoms with Crippen LogP contribution in [0.3, 0.4) is 0 Å². The molecule has 76 valence electrons. The number of hydrogen-bond acceptors (Lipinski definition) is 2. The van der Waals surface area contributed by atoms with Gasteiger partial charge in [0, 0.05) is 6.54 Å². The molecule has 2 atom stereocenters. The molecule has 1 aliphatic heterocycles. The first-order valence-corrected chi connectivity index (χ1v) is 5.34. The van der Waals surface area contributed by atoms with Gasteiger partial charge in [0.25, 0.3) is 0 Å². The van der Waals surface area contributed by atoms with Crippen molar-refractivity contribution in [1.82, 2.24) is 5.32 Å². The molecule has 0 aromatic rings. The number of allylic oxidation sites excluding steroid dienone is 1. The van der Waals surface area contributed by atoms with E-state index >= 15 is 0 Å². The number of ether oxygens (including phenoxy) is 1. The molecule has 2 unspecified atom stereocenters. The molecule has 0 radical (unpaired) electrons. The highest BCUT2D eigenvalue weighted by molar-refractivity contribution is 4.82. The molecule has 0 aromatic heterocycles. The standard InChI is InChI=1S/C11H21NO/c1-3-10(2)8-12-9-11-6-4-5-7-13-11/h5,7,10-12H,3-4,6,8-9H2,1-2H3. The van der Waals surface area contributed by atoms with Crippen LogP contribution in [0, 0.1) is 5.92 Å². The second kappa shape index (κ2) is 6.03. The van der Waals surface area contributed by atoms with E-state index in [9.17, 15) is 0 Å². The van der Waals surface area contributed by atoms with E-state index in [2.05, 4.69) is 25.2 Å². The number of nitrogens with one attached hydrogen (secondary N) is 1. The summed E-state index contributed by atoms with van der Waals surface area (Å²) in [6.45, 7) is 6.61. The predicted molar refractivity (Wildman–Crippen MR) is 55.6 cm³/mol. The molecule has 1 N–H and O–H groups in total. The second-order valence-corrected chi connectivity index (χ2v) is 3.88. The molecule has 0 aromatic carbocycles. The van der Waals surface area contributed by atoms with Gasteiger partial charge in [0.2, 0.25) is 0 Å². The smallest absolute Gasteiger partial charge is 0.110 e. The molecule has 2 heteroatoms. The highest BCUT2D eigenvalue weighted by atomic mass is 16.5. The molecule has 13 heavy (non-hydrogen) atoms. The van der Waals surface area contributed by atoms with Gasteiger partial charge in [0.1, 0.15) is 6.10 Å². The van der Waals surface area contributed by atoms with Crippen molar-refractivity contribution < 1.29 is 4.74 Å². The average molecular weight is 183 g/mol. The van der Waals surface area contributed by atoms with Crippen LogP contribution in [0.15, 0.2) is 12.3 Å². The van der Waals surface area contributed by atoms with Crippen LogP contribution in [0.5, 0.6) is 0 Å². The third-order valence-corrected chi connectivity index (χ3v) is 2.58. The zero-order valence-corrected chi connectivity index (χ0v) is 8.75. The number of rotatable bonds is 5. The highest BCUT2D eigenvalue weighted by Crippen LogP contribution is 2.09. The monoisotopic (exact) mass is 183 g/mol. The molecule has 0 fully saturated rings. The topological polar surface area (TPSA) is 21.3 Å². The van der Waals surface area contributed by atoms with E-state index in [0.29, 0.717) is 6.10 Å². The lowest BCUT2D eigenvalue weighted by atomic mass is 10.1. The lowest BCUT2D eigenvalue weighted by molar-refractivity contribution is 0.121. The quantitative estimate of drug-likeness (QED) is 0.706. The molecular weight excluding hydrogens is 162 g/mol. The largest absolute Gasteiger partial charge is 0.497 e. The first-order chi connectivity index (χ1) is 6.33. The molecular formula is C11H21NO. The Kier molecular flexibility index (Phi) is 4.91. The normalized spacial score (nSPS) is 24.0. The van der Waals surface area contributed by atoms with E-state index in [-0.39, 0.29) is 0 Å². The van der Waals surface area contributed by atoms with Gasteiger partial charge in [0.15, 0.2) is 0 Å². The summed E-state index contributed by atoms with van der Waals surface area (Å²) in [6.07, 6.45) is 7.89. The molecule has 1 aliphatic rings. The summed E-state index contributed by atoms with van der Waals surface area (Å²) in [5.41, 5.74) is 0. The summed E-state index contributed by atoms with van der Waals surface area (Å²) < 4.78 is 5.45. The van der Waals surface area contributed by atoms with Crippen molar-refractivity contribution in [3.63, 3.8) is 0 Å². The molecule has 0 saturated carbocycles. The molecule has 2 nitrogen and oxygen atoms in total. The van der Waals surface area contributed by atoms with E-state index in [4.69, 9.17) is 4.74 Å². The molecule has 0 saturated heterocycles. The average Bonchev–Trinajstić information content (AvgIpc) is 2.19. The summed E-state index contributed by atoms with van der Waals surface area (Å²) in [5, 5.41) is 3.45. The van der Waals surface area contributed by atoms with Gasteiger partial charge in [-0.15, -0.1) is 0 Å². The van der Waals surface area contributed by atoms with Crippen molar-refractivity contribution in [1.29, 1.82) is 0 Å². The summed E-state index contributed by atoms with van der Waals surface area (Å²) >= 11 is 0. The number of hydrogen-bond donors (Lipinski definition) is 1. The second-order valence-electron chi connectivity index (χ2n) is 3.88. The first-order valence-electron chi connectivity index (χ1n) is 5.34. The highest BCUT2D eigenvalue weighted by Gasteiger charge is 2.10. The summed E-state index contributed by atoms with van der Waals surface area (Å²) in [6, 6.07) is 0. The maximum absolute atomic E-state index is 5.45. The van der Waals surface area contributed by atoms with Gasteiger partial charge in [-0.1, -0.05) is 20.3 Å². The third-order valence-electron chi connectivity index (χ3n) is 2.58. The summed E-state index contributed by atoms with van der Waals surface area (Å²) in [4.78, 5) is 0. The van der Waals surface area contributed by atoms with E-state index in [1.54, 1.807) is 0 Å². The molecule has 0 bridgehead atoms. The Morgan fingerprint density at radius 2 is 2.46 bits per heavy atom. The fraction of sp³-hybridized carbons (Fsp3) is 0.818. The van der Waals surface area contributed by atoms with Crippen LogP contribution in [0.4, 0.5) is 0 Å². The lowest BCUT2D eigenvalue weighted by Crippen LogP contribution is -2.31. The fourth-order valence-electron chi connectivity index (χ4n) is 1.37. The molecule has 0 amide bonds. The Morgan fingerprint density at radius 3 is 3.08 bits per heavy atom. The van der Waals surface area contributed by atoms with Gasteiger partial charge in [-0.25, -0.2) is 0 Å². The minimum absolute atomic E-state index is 0.397. The van der Waals surface area contributed by atoms with Gasteiger partial charge >= 0.3 is 0 Å². The van der Waals surface area contributed by atoms with Crippen LogP contribution in [0.2, 0.25) is 0 Å². The van der Waals surface area contributed by atoms with Gasteiger partial charge < -0.3 is 10.1 Å². The Bertz CT molecular complexity index is 156. The molecule has 0 aliphatic carbocycles. The van der Waals surface area contributed by atoms with Crippen molar-refractivity contribution in [2.45, 2.75) is 39.2 Å². The van der Waals surface area contributed by atoms with Crippen molar-refractivity contribution in [3.05, 3.63) is 12.3 Å². The SMILES string of the molecule is CCC(C)CNCC1CCC=CO1. The van der Waals surface area contributed by atoms with Gasteiger partial charge in [0.05, 0.1) is 6.26 Å². The Balaban J connectivity index is 2.02. The van der Waals surface area contributed by atoms with Gasteiger partial charge in [-0.2, -0.15) is 0 Å². The maximum atomic E-state index is 5.45. The van der Waals surface area contributed by atoms with E-state index < -0.39 is 0 Å². The molecule has 1 heterocycles. The van der Waals surface area contributed by atoms with Crippen molar-refractivity contribution in [2.24, 2.45) is 5.92 Å². The van der Waals surface area contributed by atoms with E-state index in [0.717, 1.165) is 31.8 Å². The summed E-state index contributed by atoms with van der Waals surface area (Å²) in [7, 11) is 0. The Hall–Kier alpha value is -0.500. The van der Waals surface area contributed by atoms with Gasteiger partial charge in [-0.05, 0) is 31.4 Å². The van der Waals surface area contributed by atoms with Crippen molar-refractivity contribution in [3.8, 4) is 0 Å². The van der Waals surface area contributed by atoms with Crippen LogP contribution < -0.4 is 5.32 Å². The third kappa shape index (κ3) is 4.32. The van der Waals surface area contributed by atoms with E-state index in [1.165, 1.54) is 6.42 Å². The van der Waals surface area contributed by atoms with Crippen molar-refractivity contribution in [2.75, 3.05) is 13.1 Å². The van der Waals surface area contributed by atoms with Crippen LogP contribution in [0.1, 0.15) is 33.1 Å². The molecule has 1 rings (SSSR count). The zero-order valence-electron chi connectivity index (χ0n) is 8.75. The minimum Gasteiger partial charge on any atom is -0.497 e. The fourth-order valence-corrected chi connectivity index (χ4v) is 1.37. The first kappa shape index (κ1) is 10.6. The van der Waals surface area contributed by atoms with Crippen LogP contribution in [-0.4, -0.2) is 19.2 Å². The van der Waals surface area contributed by atoms with Gasteiger partial charge in [-0.3, -0.25) is 0 Å². The lowest BCUT2D eigenvalue weighted by Gasteiger charge is -2.20.